The average molecular weight is 381 g/mol. The highest BCUT2D eigenvalue weighted by Gasteiger charge is 2.35. The number of hydrogen-bond acceptors (Lipinski definition) is 5. The second-order valence-corrected chi connectivity index (χ2v) is 9.50. The normalized spacial score (nSPS) is 23.7. The van der Waals surface area contributed by atoms with Crippen molar-refractivity contribution in [3.63, 3.8) is 0 Å². The van der Waals surface area contributed by atoms with Gasteiger partial charge in [0.05, 0.1) is 4.90 Å². The second-order valence-electron chi connectivity index (χ2n) is 7.56. The third-order valence-electron chi connectivity index (χ3n) is 5.44. The molecule has 0 aromatic heterocycles. The Morgan fingerprint density at radius 2 is 2.12 bits per heavy atom. The maximum atomic E-state index is 12.9. The molecule has 0 aliphatic carbocycles. The molecule has 2 fully saturated rings. The van der Waals surface area contributed by atoms with Crippen molar-refractivity contribution in [1.29, 1.82) is 0 Å². The third kappa shape index (κ3) is 4.09. The first-order valence-corrected chi connectivity index (χ1v) is 10.5. The number of benzene rings is 1. The lowest BCUT2D eigenvalue weighted by Gasteiger charge is -2.37. The van der Waals surface area contributed by atoms with E-state index < -0.39 is 10.0 Å². The third-order valence-corrected chi connectivity index (χ3v) is 7.34. The molecule has 0 unspecified atom stereocenters. The molecule has 0 spiro atoms. The summed E-state index contributed by atoms with van der Waals surface area (Å²) in [5.74, 6) is -0.248. The van der Waals surface area contributed by atoms with Gasteiger partial charge < -0.3 is 15.7 Å². The maximum Gasteiger partial charge on any atom is 0.251 e. The van der Waals surface area contributed by atoms with Crippen LogP contribution in [0.2, 0.25) is 0 Å². The van der Waals surface area contributed by atoms with E-state index in [0.717, 1.165) is 19.5 Å². The van der Waals surface area contributed by atoms with E-state index in [9.17, 15) is 18.3 Å². The molecule has 1 atom stereocenters. The average Bonchev–Trinajstić information content (AvgIpc) is 3.15. The fourth-order valence-corrected chi connectivity index (χ4v) is 4.91. The van der Waals surface area contributed by atoms with E-state index in [0.29, 0.717) is 31.5 Å². The Labute approximate surface area is 154 Å². The fourth-order valence-electron chi connectivity index (χ4n) is 3.42. The van der Waals surface area contributed by atoms with Gasteiger partial charge in [-0.3, -0.25) is 4.79 Å². The van der Waals surface area contributed by atoms with Crippen molar-refractivity contribution < 1.29 is 18.3 Å². The smallest absolute Gasteiger partial charge is 0.251 e. The summed E-state index contributed by atoms with van der Waals surface area (Å²) in [5, 5.41) is 15.6. The molecule has 26 heavy (non-hydrogen) atoms. The van der Waals surface area contributed by atoms with Crippen molar-refractivity contribution in [2.24, 2.45) is 5.41 Å². The summed E-state index contributed by atoms with van der Waals surface area (Å²) in [6.45, 7) is 4.40. The van der Waals surface area contributed by atoms with Gasteiger partial charge in [0, 0.05) is 37.8 Å². The predicted octanol–water partition coefficient (Wildman–Crippen LogP) is 0.561. The number of nitrogens with one attached hydrogen (secondary N) is 2. The van der Waals surface area contributed by atoms with Crippen LogP contribution in [-0.2, 0) is 10.0 Å². The van der Waals surface area contributed by atoms with E-state index in [1.807, 2.05) is 6.92 Å². The summed E-state index contributed by atoms with van der Waals surface area (Å²) in [7, 11) is -3.64. The quantitative estimate of drug-likeness (QED) is 0.692. The maximum absolute atomic E-state index is 12.9. The van der Waals surface area contributed by atoms with Gasteiger partial charge in [0.15, 0.2) is 0 Å². The first kappa shape index (κ1) is 19.3. The van der Waals surface area contributed by atoms with Gasteiger partial charge in [-0.1, -0.05) is 13.0 Å². The number of nitrogens with zero attached hydrogens (tertiary/aromatic N) is 1. The highest BCUT2D eigenvalue weighted by molar-refractivity contribution is 7.89. The molecule has 1 aromatic rings. The molecule has 1 amide bonds. The Morgan fingerprint density at radius 3 is 2.73 bits per heavy atom. The Morgan fingerprint density at radius 1 is 1.38 bits per heavy atom. The molecule has 1 aromatic carbocycles. The van der Waals surface area contributed by atoms with Crippen LogP contribution in [0.15, 0.2) is 29.2 Å². The molecule has 8 heteroatoms. The molecule has 2 heterocycles. The predicted molar refractivity (Wildman–Crippen MR) is 98.4 cm³/mol. The zero-order valence-corrected chi connectivity index (χ0v) is 15.9. The zero-order chi connectivity index (χ0) is 18.8. The topological polar surface area (TPSA) is 98.7 Å². The molecule has 0 saturated carbocycles. The van der Waals surface area contributed by atoms with Gasteiger partial charge in [-0.25, -0.2) is 8.42 Å². The molecule has 2 aliphatic rings. The van der Waals surface area contributed by atoms with Crippen molar-refractivity contribution in [3.8, 4) is 0 Å². The Balaban J connectivity index is 1.73. The van der Waals surface area contributed by atoms with E-state index in [4.69, 9.17) is 0 Å². The minimum Gasteiger partial charge on any atom is -0.396 e. The number of sulfonamides is 1. The van der Waals surface area contributed by atoms with E-state index in [2.05, 4.69) is 10.6 Å². The first-order valence-electron chi connectivity index (χ1n) is 9.07. The van der Waals surface area contributed by atoms with Gasteiger partial charge in [-0.2, -0.15) is 4.31 Å². The summed E-state index contributed by atoms with van der Waals surface area (Å²) in [6.07, 6.45) is 2.12. The van der Waals surface area contributed by atoms with Crippen molar-refractivity contribution in [3.05, 3.63) is 29.8 Å². The van der Waals surface area contributed by atoms with Crippen LogP contribution in [0.3, 0.4) is 0 Å². The summed E-state index contributed by atoms with van der Waals surface area (Å²) >= 11 is 0. The zero-order valence-electron chi connectivity index (χ0n) is 15.1. The van der Waals surface area contributed by atoms with Gasteiger partial charge in [0.1, 0.15) is 0 Å². The van der Waals surface area contributed by atoms with Gasteiger partial charge in [-0.15, -0.1) is 0 Å². The van der Waals surface area contributed by atoms with Crippen LogP contribution < -0.4 is 10.6 Å². The van der Waals surface area contributed by atoms with Gasteiger partial charge in [-0.05, 0) is 49.4 Å². The SMILES string of the molecule is CC1(CO)CCN(S(=O)(=O)c2cccc(C(=O)N[C@H]3CCNC3)c2)CC1. The number of hydrogen-bond donors (Lipinski definition) is 3. The van der Waals surface area contributed by atoms with E-state index in [1.54, 1.807) is 12.1 Å². The summed E-state index contributed by atoms with van der Waals surface area (Å²) in [4.78, 5) is 12.5. The number of amides is 1. The number of carbonyl (C=O) groups is 1. The lowest BCUT2D eigenvalue weighted by molar-refractivity contribution is 0.0853. The minimum absolute atomic E-state index is 0.0621. The Kier molecular flexibility index (Phi) is 5.67. The number of rotatable bonds is 5. The molecule has 144 valence electrons. The monoisotopic (exact) mass is 381 g/mol. The minimum atomic E-state index is -3.64. The van der Waals surface area contributed by atoms with E-state index in [-0.39, 0.29) is 28.9 Å². The fraction of sp³-hybridized carbons (Fsp3) is 0.611. The molecule has 0 radical (unpaired) electrons. The number of carbonyl (C=O) groups excluding carboxylic acids is 1. The molecule has 2 aliphatic heterocycles. The van der Waals surface area contributed by atoms with Crippen LogP contribution in [0.25, 0.3) is 0 Å². The van der Waals surface area contributed by atoms with Crippen LogP contribution in [0, 0.1) is 5.41 Å². The highest BCUT2D eigenvalue weighted by atomic mass is 32.2. The molecular formula is C18H27N3O4S. The molecule has 7 nitrogen and oxygen atoms in total. The van der Waals surface area contributed by atoms with Crippen LogP contribution in [0.4, 0.5) is 0 Å². The largest absolute Gasteiger partial charge is 0.396 e. The number of piperidine rings is 1. The Bertz CT molecular complexity index is 751. The highest BCUT2D eigenvalue weighted by Crippen LogP contribution is 2.32. The van der Waals surface area contributed by atoms with Gasteiger partial charge in [0.25, 0.3) is 5.91 Å². The van der Waals surface area contributed by atoms with Crippen LogP contribution in [0.1, 0.15) is 36.5 Å². The first-order chi connectivity index (χ1) is 12.3. The standard InChI is InChI=1S/C18H27N3O4S/c1-18(13-22)6-9-21(10-7-18)26(24,25)16-4-2-3-14(11-16)17(23)20-15-5-8-19-12-15/h2-4,11,15,19,22H,5-10,12-13H2,1H3,(H,20,23)/t15-/m0/s1. The molecule has 3 N–H and O–H groups in total. The summed E-state index contributed by atoms with van der Waals surface area (Å²) < 4.78 is 27.3. The molecule has 0 bridgehead atoms. The summed E-state index contributed by atoms with van der Waals surface area (Å²) in [5.41, 5.74) is 0.137. The lowest BCUT2D eigenvalue weighted by atomic mass is 9.82. The van der Waals surface area contributed by atoms with Crippen molar-refractivity contribution in [2.45, 2.75) is 37.1 Å². The molecule has 3 rings (SSSR count). The van der Waals surface area contributed by atoms with E-state index >= 15 is 0 Å². The van der Waals surface area contributed by atoms with Crippen LogP contribution in [0.5, 0.6) is 0 Å². The van der Waals surface area contributed by atoms with Crippen LogP contribution >= 0.6 is 0 Å². The van der Waals surface area contributed by atoms with Crippen molar-refractivity contribution >= 4 is 15.9 Å². The Hall–Kier alpha value is -1.48. The van der Waals surface area contributed by atoms with E-state index in [1.165, 1.54) is 16.4 Å². The lowest BCUT2D eigenvalue weighted by Crippen LogP contribution is -2.43. The van der Waals surface area contributed by atoms with Crippen molar-refractivity contribution in [2.75, 3.05) is 32.8 Å². The second kappa shape index (κ2) is 7.64. The van der Waals surface area contributed by atoms with Gasteiger partial charge in [0.2, 0.25) is 10.0 Å². The van der Waals surface area contributed by atoms with Crippen molar-refractivity contribution in [1.82, 2.24) is 14.9 Å². The number of aliphatic hydroxyl groups excluding tert-OH is 1. The molecule has 2 saturated heterocycles. The number of aliphatic hydroxyl groups is 1. The van der Waals surface area contributed by atoms with Gasteiger partial charge >= 0.3 is 0 Å². The molecular weight excluding hydrogens is 354 g/mol. The van der Waals surface area contributed by atoms with Crippen LogP contribution in [-0.4, -0.2) is 62.6 Å². The summed E-state index contributed by atoms with van der Waals surface area (Å²) in [6, 6.07) is 6.31.